The molecule has 1 N–H and O–H groups in total. The Morgan fingerprint density at radius 2 is 1.88 bits per heavy atom. The number of para-hydroxylation sites is 1. The molecule has 0 atom stereocenters. The van der Waals surface area contributed by atoms with Gasteiger partial charge in [0.25, 0.3) is 0 Å². The van der Waals surface area contributed by atoms with Crippen molar-refractivity contribution in [1.82, 2.24) is 4.57 Å². The smallest absolute Gasteiger partial charge is 0.231 e. The fourth-order valence-electron chi connectivity index (χ4n) is 2.77. The lowest BCUT2D eigenvalue weighted by Crippen LogP contribution is -2.16. The molecule has 0 saturated heterocycles. The largest absolute Gasteiger partial charge is 0.495 e. The molecule has 3 rings (SSSR count). The first kappa shape index (κ1) is 16.8. The van der Waals surface area contributed by atoms with Crippen molar-refractivity contribution in [2.45, 2.75) is 19.8 Å². The van der Waals surface area contributed by atoms with Crippen LogP contribution < -0.4 is 10.1 Å². The fourth-order valence-corrected chi connectivity index (χ4v) is 2.77. The minimum atomic E-state index is -0.214. The molecule has 0 fully saturated rings. The SMILES string of the molecule is COc1ccc(C)cc1NC(=O)CCC(=O)n1ccc2ccccc21. The van der Waals surface area contributed by atoms with Crippen LogP contribution in [0, 0.1) is 6.92 Å². The lowest BCUT2D eigenvalue weighted by atomic mass is 10.2. The minimum absolute atomic E-state index is 0.104. The van der Waals surface area contributed by atoms with Gasteiger partial charge in [0.05, 0.1) is 18.3 Å². The summed E-state index contributed by atoms with van der Waals surface area (Å²) in [6.45, 7) is 1.94. The molecule has 1 amide bonds. The van der Waals surface area contributed by atoms with Crippen LogP contribution in [0.2, 0.25) is 0 Å². The third kappa shape index (κ3) is 3.71. The van der Waals surface area contributed by atoms with Gasteiger partial charge in [0.2, 0.25) is 11.8 Å². The number of benzene rings is 2. The molecule has 5 heteroatoms. The number of carbonyl (C=O) groups is 2. The second-order valence-corrected chi connectivity index (χ2v) is 5.89. The van der Waals surface area contributed by atoms with E-state index in [-0.39, 0.29) is 24.7 Å². The summed E-state index contributed by atoms with van der Waals surface area (Å²) >= 11 is 0. The van der Waals surface area contributed by atoms with Gasteiger partial charge in [-0.25, -0.2) is 0 Å². The predicted molar refractivity (Wildman–Crippen MR) is 98.2 cm³/mol. The van der Waals surface area contributed by atoms with Crippen LogP contribution in [0.25, 0.3) is 10.9 Å². The number of rotatable bonds is 5. The molecule has 0 unspecified atom stereocenters. The monoisotopic (exact) mass is 336 g/mol. The van der Waals surface area contributed by atoms with E-state index in [1.807, 2.05) is 55.5 Å². The molecule has 25 heavy (non-hydrogen) atoms. The number of amides is 1. The summed E-state index contributed by atoms with van der Waals surface area (Å²) in [5.41, 5.74) is 2.49. The Bertz CT molecular complexity index is 928. The van der Waals surface area contributed by atoms with Crippen molar-refractivity contribution in [3.8, 4) is 5.75 Å². The van der Waals surface area contributed by atoms with Crippen molar-refractivity contribution in [3.05, 3.63) is 60.3 Å². The highest BCUT2D eigenvalue weighted by Crippen LogP contribution is 2.25. The summed E-state index contributed by atoms with van der Waals surface area (Å²) in [6, 6.07) is 15.1. The lowest BCUT2D eigenvalue weighted by molar-refractivity contribution is -0.116. The van der Waals surface area contributed by atoms with E-state index in [0.717, 1.165) is 16.5 Å². The van der Waals surface area contributed by atoms with E-state index in [2.05, 4.69) is 5.32 Å². The molecule has 0 radical (unpaired) electrons. The molecule has 0 spiro atoms. The van der Waals surface area contributed by atoms with Gasteiger partial charge in [-0.2, -0.15) is 0 Å². The second kappa shape index (κ2) is 7.21. The number of aromatic nitrogens is 1. The molecule has 1 aromatic heterocycles. The van der Waals surface area contributed by atoms with E-state index < -0.39 is 0 Å². The van der Waals surface area contributed by atoms with E-state index in [1.165, 1.54) is 0 Å². The van der Waals surface area contributed by atoms with Crippen LogP contribution in [0.4, 0.5) is 5.69 Å². The Balaban J connectivity index is 1.64. The van der Waals surface area contributed by atoms with Gasteiger partial charge < -0.3 is 10.1 Å². The molecule has 0 saturated carbocycles. The number of aryl methyl sites for hydroxylation is 1. The summed E-state index contributed by atoms with van der Waals surface area (Å²) in [4.78, 5) is 24.6. The molecule has 1 heterocycles. The number of hydrogen-bond donors (Lipinski definition) is 1. The highest BCUT2D eigenvalue weighted by atomic mass is 16.5. The normalized spacial score (nSPS) is 10.6. The zero-order chi connectivity index (χ0) is 17.8. The summed E-state index contributed by atoms with van der Waals surface area (Å²) in [5, 5.41) is 3.82. The summed E-state index contributed by atoms with van der Waals surface area (Å²) in [6.07, 6.45) is 2.00. The number of methoxy groups -OCH3 is 1. The van der Waals surface area contributed by atoms with E-state index >= 15 is 0 Å². The van der Waals surface area contributed by atoms with Gasteiger partial charge >= 0.3 is 0 Å². The number of nitrogens with zero attached hydrogens (tertiary/aromatic N) is 1. The average Bonchev–Trinajstić information content (AvgIpc) is 3.04. The zero-order valence-corrected chi connectivity index (χ0v) is 14.3. The van der Waals surface area contributed by atoms with E-state index in [4.69, 9.17) is 4.74 Å². The van der Waals surface area contributed by atoms with Crippen molar-refractivity contribution in [2.75, 3.05) is 12.4 Å². The standard InChI is InChI=1S/C20H20N2O3/c1-14-7-8-18(25-2)16(13-14)21-19(23)9-10-20(24)22-12-11-15-5-3-4-6-17(15)22/h3-8,11-13H,9-10H2,1-2H3,(H,21,23). The summed E-state index contributed by atoms with van der Waals surface area (Å²) < 4.78 is 6.84. The van der Waals surface area contributed by atoms with Gasteiger partial charge in [-0.1, -0.05) is 24.3 Å². The van der Waals surface area contributed by atoms with Crippen LogP contribution in [0.3, 0.4) is 0 Å². The summed E-state index contributed by atoms with van der Waals surface area (Å²) in [5.74, 6) is 0.281. The van der Waals surface area contributed by atoms with Crippen molar-refractivity contribution in [1.29, 1.82) is 0 Å². The molecule has 0 bridgehead atoms. The van der Waals surface area contributed by atoms with Crippen molar-refractivity contribution < 1.29 is 14.3 Å². The van der Waals surface area contributed by atoms with Gasteiger partial charge in [0, 0.05) is 24.4 Å². The van der Waals surface area contributed by atoms with Gasteiger partial charge in [0.1, 0.15) is 5.75 Å². The van der Waals surface area contributed by atoms with Crippen LogP contribution in [-0.2, 0) is 4.79 Å². The lowest BCUT2D eigenvalue weighted by Gasteiger charge is -2.11. The first-order valence-electron chi connectivity index (χ1n) is 8.12. The number of hydrogen-bond acceptors (Lipinski definition) is 3. The highest BCUT2D eigenvalue weighted by molar-refractivity contribution is 5.97. The van der Waals surface area contributed by atoms with Crippen LogP contribution in [-0.4, -0.2) is 23.5 Å². The Morgan fingerprint density at radius 1 is 1.08 bits per heavy atom. The van der Waals surface area contributed by atoms with Gasteiger partial charge in [-0.05, 0) is 36.8 Å². The third-order valence-electron chi connectivity index (χ3n) is 4.06. The quantitative estimate of drug-likeness (QED) is 0.765. The maximum Gasteiger partial charge on any atom is 0.231 e. The van der Waals surface area contributed by atoms with Crippen molar-refractivity contribution in [3.63, 3.8) is 0 Å². The molecular formula is C20H20N2O3. The van der Waals surface area contributed by atoms with E-state index in [9.17, 15) is 9.59 Å². The highest BCUT2D eigenvalue weighted by Gasteiger charge is 2.13. The van der Waals surface area contributed by atoms with Gasteiger partial charge in [-0.15, -0.1) is 0 Å². The third-order valence-corrected chi connectivity index (χ3v) is 4.06. The van der Waals surface area contributed by atoms with Crippen LogP contribution in [0.1, 0.15) is 23.2 Å². The number of carbonyl (C=O) groups excluding carboxylic acids is 2. The molecular weight excluding hydrogens is 316 g/mol. The maximum atomic E-state index is 12.4. The van der Waals surface area contributed by atoms with Crippen molar-refractivity contribution in [2.24, 2.45) is 0 Å². The van der Waals surface area contributed by atoms with Gasteiger partial charge in [0.15, 0.2) is 0 Å². The average molecular weight is 336 g/mol. The zero-order valence-electron chi connectivity index (χ0n) is 14.3. The molecule has 3 aromatic rings. The molecule has 128 valence electrons. The number of nitrogens with one attached hydrogen (secondary N) is 1. The van der Waals surface area contributed by atoms with Gasteiger partial charge in [-0.3, -0.25) is 14.2 Å². The molecule has 0 aliphatic heterocycles. The molecule has 0 aliphatic carbocycles. The van der Waals surface area contributed by atoms with Crippen LogP contribution in [0.15, 0.2) is 54.7 Å². The Labute approximate surface area is 146 Å². The summed E-state index contributed by atoms with van der Waals surface area (Å²) in [7, 11) is 1.56. The predicted octanol–water partition coefficient (Wildman–Crippen LogP) is 4.02. The van der Waals surface area contributed by atoms with Crippen molar-refractivity contribution >= 4 is 28.4 Å². The topological polar surface area (TPSA) is 60.3 Å². The number of fused-ring (bicyclic) bond motifs is 1. The molecule has 2 aromatic carbocycles. The minimum Gasteiger partial charge on any atom is -0.495 e. The van der Waals surface area contributed by atoms with E-state index in [1.54, 1.807) is 17.9 Å². The molecule has 5 nitrogen and oxygen atoms in total. The fraction of sp³-hybridized carbons (Fsp3) is 0.200. The maximum absolute atomic E-state index is 12.4. The first-order chi connectivity index (χ1) is 12.1. The Hall–Kier alpha value is -3.08. The van der Waals surface area contributed by atoms with E-state index in [0.29, 0.717) is 11.4 Å². The van der Waals surface area contributed by atoms with Crippen LogP contribution in [0.5, 0.6) is 5.75 Å². The first-order valence-corrected chi connectivity index (χ1v) is 8.12. The molecule has 0 aliphatic rings. The Kier molecular flexibility index (Phi) is 4.84. The number of ether oxygens (including phenoxy) is 1. The number of anilines is 1. The van der Waals surface area contributed by atoms with Crippen LogP contribution >= 0.6 is 0 Å². The second-order valence-electron chi connectivity index (χ2n) is 5.89. The Morgan fingerprint density at radius 3 is 2.68 bits per heavy atom.